The third-order valence-electron chi connectivity index (χ3n) is 6.68. The van der Waals surface area contributed by atoms with Gasteiger partial charge in [-0.1, -0.05) is 26.3 Å². The summed E-state index contributed by atoms with van der Waals surface area (Å²) < 4.78 is 4.98. The van der Waals surface area contributed by atoms with Gasteiger partial charge in [-0.25, -0.2) is 19.8 Å². The number of guanidine groups is 1. The molecule has 2 amide bonds. The lowest BCUT2D eigenvalue weighted by molar-refractivity contribution is -0.138. The van der Waals surface area contributed by atoms with E-state index in [0.29, 0.717) is 31.4 Å². The maximum Gasteiger partial charge on any atom is 0.413 e. The van der Waals surface area contributed by atoms with Crippen LogP contribution in [-0.4, -0.2) is 75.0 Å². The molecule has 3 aromatic rings. The molecular formula is C31H40N8O3. The first-order valence-electron chi connectivity index (χ1n) is 14.5. The van der Waals surface area contributed by atoms with Crippen molar-refractivity contribution in [2.75, 3.05) is 31.6 Å². The second-order valence-electron chi connectivity index (χ2n) is 10.4. The molecule has 0 bridgehead atoms. The van der Waals surface area contributed by atoms with Crippen LogP contribution in [0.25, 0.3) is 22.5 Å². The van der Waals surface area contributed by atoms with E-state index < -0.39 is 6.09 Å². The summed E-state index contributed by atoms with van der Waals surface area (Å²) >= 11 is 0. The minimum Gasteiger partial charge on any atom is -0.450 e. The molecular weight excluding hydrogens is 532 g/mol. The molecule has 1 aromatic carbocycles. The lowest BCUT2D eigenvalue weighted by atomic mass is 9.97. The van der Waals surface area contributed by atoms with Gasteiger partial charge in [0.1, 0.15) is 0 Å². The Balaban J connectivity index is 0.00000129. The number of pyridine rings is 1. The maximum absolute atomic E-state index is 12.5. The molecule has 2 N–H and O–H groups in total. The van der Waals surface area contributed by atoms with Crippen molar-refractivity contribution in [3.05, 3.63) is 60.2 Å². The van der Waals surface area contributed by atoms with Crippen LogP contribution in [-0.2, 0) is 22.6 Å². The van der Waals surface area contributed by atoms with E-state index in [0.717, 1.165) is 46.7 Å². The lowest BCUT2D eigenvalue weighted by Crippen LogP contribution is -2.52. The third-order valence-corrected chi connectivity index (χ3v) is 6.68. The third kappa shape index (κ3) is 7.67. The fraction of sp³-hybridized carbons (Fsp3) is 0.419. The highest BCUT2D eigenvalue weighted by Gasteiger charge is 2.26. The first-order chi connectivity index (χ1) is 20.3. The molecule has 11 nitrogen and oxygen atoms in total. The van der Waals surface area contributed by atoms with Gasteiger partial charge >= 0.3 is 6.09 Å². The molecule has 2 aromatic heterocycles. The zero-order chi connectivity index (χ0) is 30.1. The van der Waals surface area contributed by atoms with Crippen molar-refractivity contribution in [2.24, 2.45) is 4.99 Å². The van der Waals surface area contributed by atoms with Gasteiger partial charge in [0.2, 0.25) is 11.9 Å². The Morgan fingerprint density at radius 3 is 2.48 bits per heavy atom. The molecule has 0 spiro atoms. The summed E-state index contributed by atoms with van der Waals surface area (Å²) in [5, 5.41) is 5.84. The number of fused-ring (bicyclic) bond motifs is 1. The van der Waals surface area contributed by atoms with Crippen molar-refractivity contribution in [2.45, 2.75) is 60.2 Å². The summed E-state index contributed by atoms with van der Waals surface area (Å²) in [7, 11) is 0. The second-order valence-corrected chi connectivity index (χ2v) is 10.4. The SMILES string of the molecule is CCC.CCOC(=O)NC1=NCc2cc(-c3ccc(CN4CCN(C(C)C)C(=O)C4)nc3)cc(-c3ncccn3)c2N1. The van der Waals surface area contributed by atoms with E-state index in [1.165, 1.54) is 6.42 Å². The molecule has 1 saturated heterocycles. The Bertz CT molecular complexity index is 1390. The van der Waals surface area contributed by atoms with Gasteiger partial charge in [0.05, 0.1) is 31.1 Å². The molecule has 5 rings (SSSR count). The number of carbonyl (C=O) groups excluding carboxylic acids is 2. The van der Waals surface area contributed by atoms with Crippen molar-refractivity contribution in [3.8, 4) is 22.5 Å². The van der Waals surface area contributed by atoms with Gasteiger partial charge in [-0.3, -0.25) is 20.0 Å². The fourth-order valence-corrected chi connectivity index (χ4v) is 4.75. The van der Waals surface area contributed by atoms with Crippen LogP contribution in [0.3, 0.4) is 0 Å². The van der Waals surface area contributed by atoms with Gasteiger partial charge in [-0.05, 0) is 56.2 Å². The van der Waals surface area contributed by atoms with Crippen molar-refractivity contribution in [1.82, 2.24) is 30.1 Å². The highest BCUT2D eigenvalue weighted by atomic mass is 16.5. The summed E-state index contributed by atoms with van der Waals surface area (Å²) in [5.74, 6) is 1.02. The minimum atomic E-state index is -0.571. The smallest absolute Gasteiger partial charge is 0.413 e. The standard InChI is InChI=1S/C28H32N8O3.C3H8/c1-4-39-28(38)34-27-32-15-21-12-20(13-23(25(21)33-27)26-29-8-5-9-30-26)19-6-7-22(31-14-19)16-35-10-11-36(18(2)3)24(37)17-35;1-3-2/h5-9,12-14,18H,4,10-11,15-17H2,1-3H3,(H2,32,33,34,38);3H2,1-2H3. The fourth-order valence-electron chi connectivity index (χ4n) is 4.75. The van der Waals surface area contributed by atoms with Gasteiger partial charge in [0.25, 0.3) is 0 Å². The Morgan fingerprint density at radius 1 is 1.07 bits per heavy atom. The average Bonchev–Trinajstić information content (AvgIpc) is 2.98. The number of aromatic nitrogens is 3. The highest BCUT2D eigenvalue weighted by molar-refractivity contribution is 6.06. The van der Waals surface area contributed by atoms with Crippen molar-refractivity contribution >= 4 is 23.6 Å². The summed E-state index contributed by atoms with van der Waals surface area (Å²) in [6.07, 6.45) is 5.92. The average molecular weight is 573 g/mol. The van der Waals surface area contributed by atoms with Gasteiger partial charge in [0, 0.05) is 55.4 Å². The Morgan fingerprint density at radius 2 is 1.83 bits per heavy atom. The molecule has 0 aliphatic carbocycles. The largest absolute Gasteiger partial charge is 0.450 e. The van der Waals surface area contributed by atoms with E-state index in [1.807, 2.05) is 43.1 Å². The molecule has 0 saturated carbocycles. The maximum atomic E-state index is 12.5. The number of nitrogens with one attached hydrogen (secondary N) is 2. The van der Waals surface area contributed by atoms with Gasteiger partial charge in [-0.2, -0.15) is 0 Å². The number of ether oxygens (including phenoxy) is 1. The first kappa shape index (κ1) is 30.6. The Hall–Kier alpha value is -4.38. The number of carbonyl (C=O) groups is 2. The van der Waals surface area contributed by atoms with Gasteiger partial charge < -0.3 is 15.0 Å². The molecule has 2 aliphatic heterocycles. The minimum absolute atomic E-state index is 0.162. The number of amides is 2. The van der Waals surface area contributed by atoms with E-state index in [2.05, 4.69) is 50.4 Å². The molecule has 0 atom stereocenters. The molecule has 0 unspecified atom stereocenters. The van der Waals surface area contributed by atoms with E-state index in [1.54, 1.807) is 25.4 Å². The van der Waals surface area contributed by atoms with Crippen LogP contribution in [0.5, 0.6) is 0 Å². The Kier molecular flexibility index (Phi) is 10.6. The van der Waals surface area contributed by atoms with E-state index in [9.17, 15) is 9.59 Å². The zero-order valence-corrected chi connectivity index (χ0v) is 25.1. The zero-order valence-electron chi connectivity index (χ0n) is 25.1. The van der Waals surface area contributed by atoms with E-state index >= 15 is 0 Å². The topological polar surface area (TPSA) is 125 Å². The number of benzene rings is 1. The number of hydrogen-bond acceptors (Lipinski definition) is 9. The first-order valence-corrected chi connectivity index (χ1v) is 14.5. The quantitative estimate of drug-likeness (QED) is 0.436. The van der Waals surface area contributed by atoms with Crippen LogP contribution in [0.4, 0.5) is 10.5 Å². The molecule has 4 heterocycles. The van der Waals surface area contributed by atoms with Crippen molar-refractivity contribution < 1.29 is 14.3 Å². The van der Waals surface area contributed by atoms with E-state index in [-0.39, 0.29) is 18.6 Å². The highest BCUT2D eigenvalue weighted by Crippen LogP contribution is 2.36. The number of anilines is 1. The summed E-state index contributed by atoms with van der Waals surface area (Å²) in [6.45, 7) is 13.3. The number of hydrogen-bond donors (Lipinski definition) is 2. The number of aliphatic imine (C=N–C) groups is 1. The second kappa shape index (κ2) is 14.5. The van der Waals surface area contributed by atoms with Crippen LogP contribution < -0.4 is 10.6 Å². The molecule has 2 aliphatic rings. The van der Waals surface area contributed by atoms with Gasteiger partial charge in [0.15, 0.2) is 5.82 Å². The summed E-state index contributed by atoms with van der Waals surface area (Å²) in [6, 6.07) is 10.1. The predicted molar refractivity (Wildman–Crippen MR) is 164 cm³/mol. The van der Waals surface area contributed by atoms with Crippen LogP contribution in [0.1, 0.15) is 52.3 Å². The lowest BCUT2D eigenvalue weighted by Gasteiger charge is -2.36. The molecule has 11 heteroatoms. The predicted octanol–water partition coefficient (Wildman–Crippen LogP) is 4.70. The van der Waals surface area contributed by atoms with Crippen molar-refractivity contribution in [3.63, 3.8) is 0 Å². The van der Waals surface area contributed by atoms with Crippen LogP contribution >= 0.6 is 0 Å². The monoisotopic (exact) mass is 572 g/mol. The number of piperazine rings is 1. The Labute approximate surface area is 247 Å². The van der Waals surface area contributed by atoms with Crippen molar-refractivity contribution in [1.29, 1.82) is 0 Å². The van der Waals surface area contributed by atoms with Crippen LogP contribution in [0, 0.1) is 0 Å². The number of alkyl carbamates (subject to hydrolysis) is 1. The molecule has 222 valence electrons. The number of nitrogens with zero attached hydrogens (tertiary/aromatic N) is 6. The normalized spacial score (nSPS) is 14.8. The summed E-state index contributed by atoms with van der Waals surface area (Å²) in [4.78, 5) is 46.5. The van der Waals surface area contributed by atoms with E-state index in [4.69, 9.17) is 9.72 Å². The molecule has 1 fully saturated rings. The summed E-state index contributed by atoms with van der Waals surface area (Å²) in [5.41, 5.74) is 5.31. The van der Waals surface area contributed by atoms with Crippen LogP contribution in [0.15, 0.2) is 53.9 Å². The van der Waals surface area contributed by atoms with Crippen LogP contribution in [0.2, 0.25) is 0 Å². The molecule has 42 heavy (non-hydrogen) atoms. The number of rotatable bonds is 6. The van der Waals surface area contributed by atoms with Gasteiger partial charge in [-0.15, -0.1) is 0 Å². The molecule has 0 radical (unpaired) electrons.